The quantitative estimate of drug-likeness (QED) is 0.661. The summed E-state index contributed by atoms with van der Waals surface area (Å²) in [5.74, 6) is -0.602. The van der Waals surface area contributed by atoms with E-state index in [4.69, 9.17) is 5.11 Å². The van der Waals surface area contributed by atoms with Crippen LogP contribution in [0.4, 0.5) is 0 Å². The highest BCUT2D eigenvalue weighted by atomic mass is 32.2. The smallest absolute Gasteiger partial charge is 0.328 e. The van der Waals surface area contributed by atoms with E-state index in [1.807, 2.05) is 0 Å². The average Bonchev–Trinajstić information content (AvgIpc) is 2.61. The number of aliphatic hydroxyl groups is 1. The molecule has 0 aromatic heterocycles. The zero-order chi connectivity index (χ0) is 12.3. The lowest BCUT2D eigenvalue weighted by molar-refractivity contribution is -0.145. The summed E-state index contributed by atoms with van der Waals surface area (Å²) < 4.78 is -0.553. The summed E-state index contributed by atoms with van der Waals surface area (Å²) in [5, 5.41) is 20.5. The molecular weight excluding hydrogens is 230 g/mol. The number of carboxylic acid groups (broad SMARTS) is 1. The van der Waals surface area contributed by atoms with Crippen molar-refractivity contribution >= 4 is 23.6 Å². The van der Waals surface area contributed by atoms with Crippen LogP contribution in [0.3, 0.4) is 0 Å². The number of carbonyl (C=O) groups is 2. The Morgan fingerprint density at radius 2 is 2.12 bits per heavy atom. The number of hydrogen-bond acceptors (Lipinski definition) is 4. The summed E-state index contributed by atoms with van der Waals surface area (Å²) >= 11 is 1.53. The van der Waals surface area contributed by atoms with Gasteiger partial charge in [-0.2, -0.15) is 0 Å². The lowest BCUT2D eigenvalue weighted by Gasteiger charge is -2.25. The molecule has 3 atom stereocenters. The fraction of sp³-hybridized carbons (Fsp3) is 0.800. The second kappa shape index (κ2) is 5.05. The van der Waals surface area contributed by atoms with E-state index in [2.05, 4.69) is 5.32 Å². The molecule has 1 fully saturated rings. The molecule has 0 saturated carbocycles. The van der Waals surface area contributed by atoms with Gasteiger partial charge in [0.2, 0.25) is 5.91 Å². The normalized spacial score (nSPS) is 28.4. The number of carboxylic acids is 1. The molecule has 1 aliphatic heterocycles. The molecule has 1 unspecified atom stereocenters. The largest absolute Gasteiger partial charge is 0.480 e. The minimum atomic E-state index is -1.23. The highest BCUT2D eigenvalue weighted by Crippen LogP contribution is 2.37. The second-order valence-electron chi connectivity index (χ2n) is 4.21. The Balaban J connectivity index is 2.65. The first-order valence-corrected chi connectivity index (χ1v) is 6.21. The number of thioether (sulfide) groups is 1. The van der Waals surface area contributed by atoms with Crippen LogP contribution in [0.25, 0.3) is 0 Å². The minimum absolute atomic E-state index is 0.302. The first kappa shape index (κ1) is 13.3. The number of hydrogen-bond donors (Lipinski definition) is 3. The van der Waals surface area contributed by atoms with Gasteiger partial charge in [0.25, 0.3) is 0 Å². The van der Waals surface area contributed by atoms with Crippen LogP contribution in [0.1, 0.15) is 26.7 Å². The predicted molar refractivity (Wildman–Crippen MR) is 61.3 cm³/mol. The van der Waals surface area contributed by atoms with Crippen LogP contribution in [-0.4, -0.2) is 44.7 Å². The number of aliphatic hydroxyl groups excluding tert-OH is 1. The highest BCUT2D eigenvalue weighted by Gasteiger charge is 2.39. The van der Waals surface area contributed by atoms with Crippen LogP contribution in [0.5, 0.6) is 0 Å². The molecule has 0 radical (unpaired) electrons. The van der Waals surface area contributed by atoms with Crippen LogP contribution in [-0.2, 0) is 9.59 Å². The first-order chi connectivity index (χ1) is 7.37. The van der Waals surface area contributed by atoms with Gasteiger partial charge in [0.15, 0.2) is 6.04 Å². The van der Waals surface area contributed by atoms with E-state index in [-0.39, 0.29) is 5.91 Å². The van der Waals surface area contributed by atoms with Crippen molar-refractivity contribution in [2.45, 2.75) is 43.6 Å². The maximum absolute atomic E-state index is 11.9. The lowest BCUT2D eigenvalue weighted by Crippen LogP contribution is -2.52. The fourth-order valence-electron chi connectivity index (χ4n) is 1.64. The molecule has 0 aliphatic carbocycles. The molecule has 1 heterocycles. The summed E-state index contributed by atoms with van der Waals surface area (Å²) in [4.78, 5) is 22.7. The number of nitrogens with one attached hydrogen (secondary N) is 1. The molecule has 16 heavy (non-hydrogen) atoms. The van der Waals surface area contributed by atoms with E-state index >= 15 is 0 Å². The Kier molecular flexibility index (Phi) is 4.21. The van der Waals surface area contributed by atoms with Gasteiger partial charge in [0, 0.05) is 0 Å². The highest BCUT2D eigenvalue weighted by molar-refractivity contribution is 8.01. The molecule has 6 heteroatoms. The summed E-state index contributed by atoms with van der Waals surface area (Å²) in [6, 6.07) is -1.23. The van der Waals surface area contributed by atoms with Crippen LogP contribution >= 0.6 is 11.8 Å². The number of aliphatic carboxylic acids is 1. The topological polar surface area (TPSA) is 86.6 Å². The first-order valence-electron chi connectivity index (χ1n) is 5.22. The van der Waals surface area contributed by atoms with Crippen molar-refractivity contribution in [2.24, 2.45) is 0 Å². The summed E-state index contributed by atoms with van der Waals surface area (Å²) in [7, 11) is 0. The number of rotatable bonds is 4. The monoisotopic (exact) mass is 247 g/mol. The number of amides is 1. The van der Waals surface area contributed by atoms with Crippen molar-refractivity contribution in [1.29, 1.82) is 0 Å². The summed E-state index contributed by atoms with van der Waals surface area (Å²) in [6.07, 6.45) is 0.605. The molecule has 1 amide bonds. The molecule has 0 aromatic rings. The van der Waals surface area contributed by atoms with E-state index in [0.29, 0.717) is 0 Å². The third-order valence-corrected chi connectivity index (χ3v) is 4.25. The molecule has 1 rings (SSSR count). The Labute approximate surface area is 98.6 Å². The van der Waals surface area contributed by atoms with Crippen LogP contribution < -0.4 is 5.32 Å². The van der Waals surface area contributed by atoms with Gasteiger partial charge in [-0.15, -0.1) is 11.8 Å². The third-order valence-electron chi connectivity index (χ3n) is 2.73. The third kappa shape index (κ3) is 2.89. The average molecular weight is 247 g/mol. The van der Waals surface area contributed by atoms with Crippen LogP contribution in [0, 0.1) is 0 Å². The van der Waals surface area contributed by atoms with E-state index in [1.54, 1.807) is 6.92 Å². The Hall–Kier alpha value is -0.750. The molecule has 1 saturated heterocycles. The zero-order valence-electron chi connectivity index (χ0n) is 9.40. The van der Waals surface area contributed by atoms with Gasteiger partial charge in [-0.25, -0.2) is 4.79 Å². The SMILES string of the molecule is C[C@@H](O)[C@H](NC(=O)C1(C)CCCS1)C(=O)O. The lowest BCUT2D eigenvalue weighted by atomic mass is 10.0. The molecule has 0 aromatic carbocycles. The molecule has 5 nitrogen and oxygen atoms in total. The van der Waals surface area contributed by atoms with Crippen molar-refractivity contribution < 1.29 is 19.8 Å². The number of carbonyl (C=O) groups excluding carboxylic acids is 1. The Bertz CT molecular complexity index is 287. The van der Waals surface area contributed by atoms with Gasteiger partial charge in [-0.3, -0.25) is 4.79 Å². The zero-order valence-corrected chi connectivity index (χ0v) is 10.2. The van der Waals surface area contributed by atoms with Gasteiger partial charge >= 0.3 is 5.97 Å². The van der Waals surface area contributed by atoms with Crippen molar-refractivity contribution in [2.75, 3.05) is 5.75 Å². The van der Waals surface area contributed by atoms with Gasteiger partial charge in [0.1, 0.15) is 0 Å². The molecule has 0 spiro atoms. The maximum Gasteiger partial charge on any atom is 0.328 e. The van der Waals surface area contributed by atoms with Crippen LogP contribution in [0.15, 0.2) is 0 Å². The Morgan fingerprint density at radius 3 is 2.50 bits per heavy atom. The van der Waals surface area contributed by atoms with Gasteiger partial charge in [-0.1, -0.05) is 0 Å². The van der Waals surface area contributed by atoms with Gasteiger partial charge in [-0.05, 0) is 32.4 Å². The summed E-state index contributed by atoms with van der Waals surface area (Å²) in [5.41, 5.74) is 0. The van der Waals surface area contributed by atoms with Crippen molar-refractivity contribution in [3.05, 3.63) is 0 Å². The fourth-order valence-corrected chi connectivity index (χ4v) is 2.86. The van der Waals surface area contributed by atoms with Crippen molar-refractivity contribution in [3.8, 4) is 0 Å². The van der Waals surface area contributed by atoms with Crippen molar-refractivity contribution in [1.82, 2.24) is 5.32 Å². The molecule has 3 N–H and O–H groups in total. The van der Waals surface area contributed by atoms with Crippen LogP contribution in [0.2, 0.25) is 0 Å². The molecule has 92 valence electrons. The predicted octanol–water partition coefficient (Wildman–Crippen LogP) is 0.222. The molecule has 1 aliphatic rings. The molecule has 0 bridgehead atoms. The van der Waals surface area contributed by atoms with E-state index in [9.17, 15) is 14.7 Å². The standard InChI is InChI=1S/C10H17NO4S/c1-6(12)7(8(13)14)11-9(15)10(2)4-3-5-16-10/h6-7,12H,3-5H2,1-2H3,(H,11,15)(H,13,14)/t6-,7+,10?/m1/s1. The van der Waals surface area contributed by atoms with Crippen molar-refractivity contribution in [3.63, 3.8) is 0 Å². The minimum Gasteiger partial charge on any atom is -0.480 e. The second-order valence-corrected chi connectivity index (χ2v) is 5.81. The van der Waals surface area contributed by atoms with E-state index in [0.717, 1.165) is 18.6 Å². The van der Waals surface area contributed by atoms with Gasteiger partial charge in [0.05, 0.1) is 10.9 Å². The van der Waals surface area contributed by atoms with E-state index < -0.39 is 22.9 Å². The summed E-state index contributed by atoms with van der Waals surface area (Å²) in [6.45, 7) is 3.16. The van der Waals surface area contributed by atoms with E-state index in [1.165, 1.54) is 18.7 Å². The Morgan fingerprint density at radius 1 is 1.50 bits per heavy atom. The molecular formula is C10H17NO4S. The maximum atomic E-state index is 11.9. The van der Waals surface area contributed by atoms with Gasteiger partial charge < -0.3 is 15.5 Å².